The number of benzene rings is 2. The second kappa shape index (κ2) is 7.09. The molecule has 5 nitrogen and oxygen atoms in total. The highest BCUT2D eigenvalue weighted by Gasteiger charge is 2.20. The van der Waals surface area contributed by atoms with Gasteiger partial charge in [-0.2, -0.15) is 9.61 Å². The molecule has 1 aliphatic rings. The van der Waals surface area contributed by atoms with Crippen LogP contribution < -0.4 is 4.90 Å². The molecule has 0 aliphatic carbocycles. The Morgan fingerprint density at radius 1 is 0.786 bits per heavy atom. The maximum Gasteiger partial charge on any atom is 0.165 e. The van der Waals surface area contributed by atoms with Gasteiger partial charge in [-0.3, -0.25) is 0 Å². The van der Waals surface area contributed by atoms with E-state index in [1.54, 1.807) is 0 Å². The van der Waals surface area contributed by atoms with Gasteiger partial charge >= 0.3 is 0 Å². The van der Waals surface area contributed by atoms with Crippen LogP contribution in [0.5, 0.6) is 0 Å². The minimum atomic E-state index is 0.904. The van der Waals surface area contributed by atoms with Gasteiger partial charge in [0.1, 0.15) is 5.82 Å². The largest absolute Gasteiger partial charge is 0.354 e. The molecule has 0 amide bonds. The molecule has 140 valence electrons. The Balaban J connectivity index is 1.70. The smallest absolute Gasteiger partial charge is 0.165 e. The van der Waals surface area contributed by atoms with E-state index in [1.807, 2.05) is 22.8 Å². The van der Waals surface area contributed by atoms with Gasteiger partial charge in [0.05, 0.1) is 11.9 Å². The summed E-state index contributed by atoms with van der Waals surface area (Å²) in [6.07, 6.45) is 1.94. The monoisotopic (exact) mass is 369 g/mol. The highest BCUT2D eigenvalue weighted by Crippen LogP contribution is 2.30. The number of fused-ring (bicyclic) bond motifs is 1. The fourth-order valence-electron chi connectivity index (χ4n) is 3.79. The Morgan fingerprint density at radius 3 is 2.11 bits per heavy atom. The zero-order chi connectivity index (χ0) is 18.9. The van der Waals surface area contributed by atoms with Gasteiger partial charge in [-0.15, -0.1) is 0 Å². The zero-order valence-electron chi connectivity index (χ0n) is 16.0. The molecule has 0 saturated carbocycles. The third kappa shape index (κ3) is 3.04. The Hall–Kier alpha value is -3.18. The summed E-state index contributed by atoms with van der Waals surface area (Å²) in [7, 11) is 2.18. The molecule has 1 fully saturated rings. The van der Waals surface area contributed by atoms with E-state index in [0.29, 0.717) is 0 Å². The van der Waals surface area contributed by atoms with Crippen LogP contribution in [0, 0.1) is 0 Å². The predicted octanol–water partition coefficient (Wildman–Crippen LogP) is 3.82. The van der Waals surface area contributed by atoms with Crippen molar-refractivity contribution >= 4 is 11.5 Å². The topological polar surface area (TPSA) is 36.7 Å². The molecule has 2 aromatic carbocycles. The third-order valence-corrected chi connectivity index (χ3v) is 5.43. The zero-order valence-corrected chi connectivity index (χ0v) is 16.0. The second-order valence-electron chi connectivity index (χ2n) is 7.32. The average Bonchev–Trinajstić information content (AvgIpc) is 3.19. The molecule has 4 aromatic rings. The van der Waals surface area contributed by atoms with Gasteiger partial charge in [0.15, 0.2) is 5.65 Å². The van der Waals surface area contributed by atoms with Crippen molar-refractivity contribution in [2.45, 2.75) is 0 Å². The van der Waals surface area contributed by atoms with E-state index in [1.165, 1.54) is 0 Å². The van der Waals surface area contributed by atoms with Gasteiger partial charge in [-0.1, -0.05) is 60.7 Å². The number of piperazine rings is 1. The molecule has 0 unspecified atom stereocenters. The molecule has 0 radical (unpaired) electrons. The van der Waals surface area contributed by atoms with E-state index in [0.717, 1.165) is 60.0 Å². The van der Waals surface area contributed by atoms with Crippen LogP contribution >= 0.6 is 0 Å². The van der Waals surface area contributed by atoms with Crippen molar-refractivity contribution in [1.29, 1.82) is 0 Å². The van der Waals surface area contributed by atoms with E-state index in [9.17, 15) is 0 Å². The number of hydrogen-bond donors (Lipinski definition) is 0. The molecule has 0 N–H and O–H groups in total. The van der Waals surface area contributed by atoms with Crippen LogP contribution in [0.1, 0.15) is 0 Å². The van der Waals surface area contributed by atoms with Gasteiger partial charge in [0.25, 0.3) is 0 Å². The van der Waals surface area contributed by atoms with E-state index in [4.69, 9.17) is 10.1 Å². The summed E-state index contributed by atoms with van der Waals surface area (Å²) in [6, 6.07) is 22.9. The molecule has 0 spiro atoms. The Labute approximate surface area is 164 Å². The molecular formula is C23H23N5. The summed E-state index contributed by atoms with van der Waals surface area (Å²) >= 11 is 0. The van der Waals surface area contributed by atoms with Crippen molar-refractivity contribution in [1.82, 2.24) is 19.5 Å². The first-order chi connectivity index (χ1) is 13.8. The van der Waals surface area contributed by atoms with Gasteiger partial charge in [0.2, 0.25) is 0 Å². The minimum absolute atomic E-state index is 0.904. The normalized spacial score (nSPS) is 15.2. The third-order valence-electron chi connectivity index (χ3n) is 5.43. The average molecular weight is 369 g/mol. The lowest BCUT2D eigenvalue weighted by Crippen LogP contribution is -2.45. The van der Waals surface area contributed by atoms with Crippen LogP contribution in [0.25, 0.3) is 28.0 Å². The van der Waals surface area contributed by atoms with Crippen molar-refractivity contribution < 1.29 is 0 Å². The van der Waals surface area contributed by atoms with Crippen LogP contribution in [0.3, 0.4) is 0 Å². The molecular weight excluding hydrogens is 346 g/mol. The molecule has 1 aliphatic heterocycles. The van der Waals surface area contributed by atoms with Crippen molar-refractivity contribution in [3.63, 3.8) is 0 Å². The fraction of sp³-hybridized carbons (Fsp3) is 0.217. The van der Waals surface area contributed by atoms with E-state index >= 15 is 0 Å². The number of likely N-dealkylation sites (N-methyl/N-ethyl adjacent to an activating group) is 1. The lowest BCUT2D eigenvalue weighted by Gasteiger charge is -2.34. The first-order valence-corrected chi connectivity index (χ1v) is 9.73. The van der Waals surface area contributed by atoms with Gasteiger partial charge in [-0.25, -0.2) is 4.98 Å². The second-order valence-corrected chi connectivity index (χ2v) is 7.32. The van der Waals surface area contributed by atoms with Gasteiger partial charge in [0, 0.05) is 43.4 Å². The number of aromatic nitrogens is 3. The van der Waals surface area contributed by atoms with Crippen LogP contribution in [0.4, 0.5) is 5.82 Å². The van der Waals surface area contributed by atoms with E-state index in [2.05, 4.69) is 71.4 Å². The molecule has 5 rings (SSSR count). The summed E-state index contributed by atoms with van der Waals surface area (Å²) in [5.41, 5.74) is 5.22. The van der Waals surface area contributed by atoms with E-state index in [-0.39, 0.29) is 0 Å². The predicted molar refractivity (Wildman–Crippen MR) is 114 cm³/mol. The molecule has 28 heavy (non-hydrogen) atoms. The first kappa shape index (κ1) is 17.0. The van der Waals surface area contributed by atoms with Gasteiger partial charge < -0.3 is 9.80 Å². The summed E-state index contributed by atoms with van der Waals surface area (Å²) in [5.74, 6) is 1.11. The minimum Gasteiger partial charge on any atom is -0.354 e. The number of rotatable bonds is 3. The molecule has 5 heteroatoms. The summed E-state index contributed by atoms with van der Waals surface area (Å²) in [6.45, 7) is 4.09. The Bertz CT molecular complexity index is 1080. The number of hydrogen-bond acceptors (Lipinski definition) is 4. The SMILES string of the molecule is CN1CCN(c2cc(-c3ccccc3)nc3c(-c4ccccc4)cnn23)CC1. The molecule has 0 bridgehead atoms. The highest BCUT2D eigenvalue weighted by atomic mass is 15.4. The standard InChI is InChI=1S/C23H23N5/c1-26-12-14-27(15-13-26)22-16-21(19-10-6-3-7-11-19)25-23-20(17-24-28(22)23)18-8-4-2-5-9-18/h2-11,16-17H,12-15H2,1H3. The van der Waals surface area contributed by atoms with Crippen molar-refractivity contribution in [3.05, 3.63) is 72.9 Å². The van der Waals surface area contributed by atoms with Crippen molar-refractivity contribution in [2.75, 3.05) is 38.1 Å². The number of anilines is 1. The fourth-order valence-corrected chi connectivity index (χ4v) is 3.79. The van der Waals surface area contributed by atoms with Gasteiger partial charge in [-0.05, 0) is 12.6 Å². The van der Waals surface area contributed by atoms with Crippen LogP contribution in [-0.2, 0) is 0 Å². The lowest BCUT2D eigenvalue weighted by atomic mass is 10.1. The summed E-state index contributed by atoms with van der Waals surface area (Å²) in [5, 5.41) is 4.72. The summed E-state index contributed by atoms with van der Waals surface area (Å²) in [4.78, 5) is 9.80. The van der Waals surface area contributed by atoms with Crippen molar-refractivity contribution in [2.24, 2.45) is 0 Å². The first-order valence-electron chi connectivity index (χ1n) is 9.73. The maximum absolute atomic E-state index is 5.02. The number of nitrogens with zero attached hydrogens (tertiary/aromatic N) is 5. The quantitative estimate of drug-likeness (QED) is 0.550. The highest BCUT2D eigenvalue weighted by molar-refractivity contribution is 5.80. The molecule has 2 aromatic heterocycles. The molecule has 0 atom stereocenters. The Morgan fingerprint density at radius 2 is 1.43 bits per heavy atom. The van der Waals surface area contributed by atoms with Crippen LogP contribution in [0.2, 0.25) is 0 Å². The summed E-state index contributed by atoms with van der Waals surface area (Å²) < 4.78 is 2.00. The molecule has 1 saturated heterocycles. The van der Waals surface area contributed by atoms with Crippen LogP contribution in [0.15, 0.2) is 72.9 Å². The molecule has 3 heterocycles. The maximum atomic E-state index is 5.02. The lowest BCUT2D eigenvalue weighted by molar-refractivity contribution is 0.311. The van der Waals surface area contributed by atoms with Crippen LogP contribution in [-0.4, -0.2) is 52.7 Å². The van der Waals surface area contributed by atoms with Crippen molar-refractivity contribution in [3.8, 4) is 22.4 Å². The van der Waals surface area contributed by atoms with E-state index < -0.39 is 0 Å². The Kier molecular flexibility index (Phi) is 4.29.